The van der Waals surface area contributed by atoms with Crippen molar-refractivity contribution < 1.29 is 4.74 Å². The minimum absolute atomic E-state index is 0.128. The summed E-state index contributed by atoms with van der Waals surface area (Å²) in [6.07, 6.45) is 0.128. The second-order valence-electron chi connectivity index (χ2n) is 4.99. The monoisotopic (exact) mass is 255 g/mol. The molecule has 0 saturated heterocycles. The van der Waals surface area contributed by atoms with E-state index >= 15 is 0 Å². The van der Waals surface area contributed by atoms with Crippen LogP contribution >= 0.6 is 0 Å². The second kappa shape index (κ2) is 6.28. The van der Waals surface area contributed by atoms with Gasteiger partial charge < -0.3 is 10.1 Å². The molecule has 0 aliphatic rings. The Morgan fingerprint density at radius 1 is 1.00 bits per heavy atom. The van der Waals surface area contributed by atoms with Gasteiger partial charge in [-0.25, -0.2) is 0 Å². The largest absolute Gasteiger partial charge is 0.489 e. The molecule has 2 heteroatoms. The highest BCUT2D eigenvalue weighted by Gasteiger charge is 2.04. The Hall–Kier alpha value is -1.96. The van der Waals surface area contributed by atoms with Crippen LogP contribution in [0.3, 0.4) is 0 Å². The van der Waals surface area contributed by atoms with Crippen LogP contribution in [0.2, 0.25) is 0 Å². The van der Waals surface area contributed by atoms with E-state index in [1.807, 2.05) is 12.1 Å². The second-order valence-corrected chi connectivity index (χ2v) is 4.99. The number of anilines is 1. The molecule has 0 saturated carbocycles. The van der Waals surface area contributed by atoms with Gasteiger partial charge in [0.25, 0.3) is 0 Å². The topological polar surface area (TPSA) is 21.3 Å². The standard InChI is InChI=1S/C17H21NO/c1-13-7-9-16(10-8-13)18-12-15(3)19-17-6-4-5-14(2)11-17/h4-11,15,18H,12H2,1-3H3. The fraction of sp³-hybridized carbons (Fsp3) is 0.294. The molecule has 0 bridgehead atoms. The number of nitrogens with one attached hydrogen (secondary N) is 1. The zero-order valence-corrected chi connectivity index (χ0v) is 11.8. The van der Waals surface area contributed by atoms with Gasteiger partial charge in [-0.15, -0.1) is 0 Å². The van der Waals surface area contributed by atoms with Crippen LogP contribution in [-0.4, -0.2) is 12.6 Å². The normalized spacial score (nSPS) is 11.9. The van der Waals surface area contributed by atoms with Crippen LogP contribution in [0, 0.1) is 13.8 Å². The molecule has 2 rings (SSSR count). The number of hydrogen-bond acceptors (Lipinski definition) is 2. The van der Waals surface area contributed by atoms with E-state index < -0.39 is 0 Å². The van der Waals surface area contributed by atoms with E-state index in [9.17, 15) is 0 Å². The van der Waals surface area contributed by atoms with E-state index in [1.165, 1.54) is 11.1 Å². The van der Waals surface area contributed by atoms with Gasteiger partial charge >= 0.3 is 0 Å². The predicted molar refractivity (Wildman–Crippen MR) is 80.9 cm³/mol. The maximum absolute atomic E-state index is 5.88. The summed E-state index contributed by atoms with van der Waals surface area (Å²) in [6, 6.07) is 16.5. The van der Waals surface area contributed by atoms with Crippen molar-refractivity contribution in [3.05, 3.63) is 59.7 Å². The van der Waals surface area contributed by atoms with Crippen molar-refractivity contribution in [3.63, 3.8) is 0 Å². The molecule has 1 N–H and O–H groups in total. The van der Waals surface area contributed by atoms with E-state index in [0.717, 1.165) is 18.0 Å². The van der Waals surface area contributed by atoms with Crippen molar-refractivity contribution in [1.29, 1.82) is 0 Å². The van der Waals surface area contributed by atoms with Crippen molar-refractivity contribution in [2.24, 2.45) is 0 Å². The Kier molecular flexibility index (Phi) is 4.45. The van der Waals surface area contributed by atoms with Crippen LogP contribution in [0.1, 0.15) is 18.1 Å². The van der Waals surface area contributed by atoms with Crippen LogP contribution in [0.4, 0.5) is 5.69 Å². The van der Waals surface area contributed by atoms with Gasteiger partial charge in [-0.1, -0.05) is 29.8 Å². The van der Waals surface area contributed by atoms with Crippen molar-refractivity contribution in [2.45, 2.75) is 26.9 Å². The number of ether oxygens (including phenoxy) is 1. The van der Waals surface area contributed by atoms with Gasteiger partial charge in [-0.05, 0) is 50.6 Å². The Bertz CT molecular complexity index is 519. The summed E-state index contributed by atoms with van der Waals surface area (Å²) < 4.78 is 5.88. The minimum atomic E-state index is 0.128. The summed E-state index contributed by atoms with van der Waals surface area (Å²) in [5, 5.41) is 3.38. The first kappa shape index (κ1) is 13.5. The van der Waals surface area contributed by atoms with Crippen LogP contribution in [0.25, 0.3) is 0 Å². The third-order valence-corrected chi connectivity index (χ3v) is 2.97. The number of benzene rings is 2. The summed E-state index contributed by atoms with van der Waals surface area (Å²) in [6.45, 7) is 7.02. The molecule has 0 spiro atoms. The summed E-state index contributed by atoms with van der Waals surface area (Å²) in [5.41, 5.74) is 3.62. The smallest absolute Gasteiger partial charge is 0.120 e. The van der Waals surface area contributed by atoms with E-state index in [4.69, 9.17) is 4.74 Å². The molecule has 0 heterocycles. The Morgan fingerprint density at radius 3 is 2.42 bits per heavy atom. The molecule has 2 nitrogen and oxygen atoms in total. The average Bonchev–Trinajstić information content (AvgIpc) is 2.38. The lowest BCUT2D eigenvalue weighted by Gasteiger charge is -2.16. The fourth-order valence-electron chi connectivity index (χ4n) is 1.90. The van der Waals surface area contributed by atoms with E-state index in [0.29, 0.717) is 0 Å². The maximum Gasteiger partial charge on any atom is 0.120 e. The van der Waals surface area contributed by atoms with Gasteiger partial charge in [-0.2, -0.15) is 0 Å². The summed E-state index contributed by atoms with van der Waals surface area (Å²) in [7, 11) is 0. The Balaban J connectivity index is 1.84. The van der Waals surface area contributed by atoms with E-state index in [2.05, 4.69) is 62.5 Å². The van der Waals surface area contributed by atoms with Gasteiger partial charge in [0.1, 0.15) is 11.9 Å². The molecule has 2 aromatic rings. The zero-order valence-electron chi connectivity index (χ0n) is 11.8. The molecule has 100 valence electrons. The van der Waals surface area contributed by atoms with Gasteiger partial charge in [-0.3, -0.25) is 0 Å². The number of rotatable bonds is 5. The van der Waals surface area contributed by atoms with Crippen LogP contribution in [0.15, 0.2) is 48.5 Å². The lowest BCUT2D eigenvalue weighted by molar-refractivity contribution is 0.234. The number of aryl methyl sites for hydroxylation is 2. The van der Waals surface area contributed by atoms with Crippen LogP contribution in [-0.2, 0) is 0 Å². The average molecular weight is 255 g/mol. The first-order valence-corrected chi connectivity index (χ1v) is 6.67. The highest BCUT2D eigenvalue weighted by atomic mass is 16.5. The quantitative estimate of drug-likeness (QED) is 0.865. The third-order valence-electron chi connectivity index (χ3n) is 2.97. The highest BCUT2D eigenvalue weighted by Crippen LogP contribution is 2.15. The minimum Gasteiger partial charge on any atom is -0.489 e. The first-order valence-electron chi connectivity index (χ1n) is 6.67. The van der Waals surface area contributed by atoms with Gasteiger partial charge in [0, 0.05) is 5.69 Å². The summed E-state index contributed by atoms with van der Waals surface area (Å²) in [5.74, 6) is 0.929. The Labute approximate surface area is 115 Å². The Morgan fingerprint density at radius 2 is 1.74 bits per heavy atom. The van der Waals surface area contributed by atoms with Crippen LogP contribution in [0.5, 0.6) is 5.75 Å². The maximum atomic E-state index is 5.88. The first-order chi connectivity index (χ1) is 9.13. The molecule has 0 amide bonds. The third kappa shape index (κ3) is 4.32. The molecular formula is C17H21NO. The lowest BCUT2D eigenvalue weighted by Crippen LogP contribution is -2.22. The summed E-state index contributed by atoms with van der Waals surface area (Å²) >= 11 is 0. The molecule has 0 fully saturated rings. The van der Waals surface area contributed by atoms with E-state index in [-0.39, 0.29) is 6.10 Å². The lowest BCUT2D eigenvalue weighted by atomic mass is 10.2. The molecule has 0 aliphatic carbocycles. The summed E-state index contributed by atoms with van der Waals surface area (Å²) in [4.78, 5) is 0. The van der Waals surface area contributed by atoms with Crippen molar-refractivity contribution in [3.8, 4) is 5.75 Å². The molecule has 0 radical (unpaired) electrons. The molecule has 2 aromatic carbocycles. The van der Waals surface area contributed by atoms with E-state index in [1.54, 1.807) is 0 Å². The SMILES string of the molecule is Cc1ccc(NCC(C)Oc2cccc(C)c2)cc1. The molecule has 0 aromatic heterocycles. The zero-order chi connectivity index (χ0) is 13.7. The van der Waals surface area contributed by atoms with Crippen LogP contribution < -0.4 is 10.1 Å². The van der Waals surface area contributed by atoms with Crippen molar-refractivity contribution in [1.82, 2.24) is 0 Å². The van der Waals surface area contributed by atoms with Crippen molar-refractivity contribution >= 4 is 5.69 Å². The highest BCUT2D eigenvalue weighted by molar-refractivity contribution is 5.44. The van der Waals surface area contributed by atoms with Gasteiger partial charge in [0.05, 0.1) is 6.54 Å². The molecule has 19 heavy (non-hydrogen) atoms. The molecular weight excluding hydrogens is 234 g/mol. The fourth-order valence-corrected chi connectivity index (χ4v) is 1.90. The van der Waals surface area contributed by atoms with Gasteiger partial charge in [0.15, 0.2) is 0 Å². The predicted octanol–water partition coefficient (Wildman–Crippen LogP) is 4.18. The molecule has 1 atom stereocenters. The van der Waals surface area contributed by atoms with Crippen molar-refractivity contribution in [2.75, 3.05) is 11.9 Å². The van der Waals surface area contributed by atoms with Gasteiger partial charge in [0.2, 0.25) is 0 Å². The molecule has 0 aliphatic heterocycles. The molecule has 1 unspecified atom stereocenters. The number of hydrogen-bond donors (Lipinski definition) is 1.